The molecule has 1 amide bonds. The number of benzene rings is 1. The third kappa shape index (κ3) is 2.75. The number of carboxylic acids is 1. The van der Waals surface area contributed by atoms with Crippen LogP contribution in [0.4, 0.5) is 0 Å². The summed E-state index contributed by atoms with van der Waals surface area (Å²) in [6, 6.07) is 8.49. The highest BCUT2D eigenvalue weighted by Crippen LogP contribution is 2.32. The van der Waals surface area contributed by atoms with Crippen LogP contribution in [-0.2, 0) is 6.54 Å². The third-order valence-corrected chi connectivity index (χ3v) is 4.29. The van der Waals surface area contributed by atoms with Crippen molar-refractivity contribution in [2.75, 3.05) is 13.8 Å². The molecule has 7 heteroatoms. The summed E-state index contributed by atoms with van der Waals surface area (Å²) in [5.41, 5.74) is 0.912. The summed E-state index contributed by atoms with van der Waals surface area (Å²) in [5, 5.41) is 8.90. The Kier molecular flexibility index (Phi) is 3.72. The molecule has 114 valence electrons. The molecule has 0 saturated heterocycles. The van der Waals surface area contributed by atoms with Crippen LogP contribution in [0.1, 0.15) is 24.9 Å². The Morgan fingerprint density at radius 2 is 1.91 bits per heavy atom. The van der Waals surface area contributed by atoms with E-state index in [2.05, 4.69) is 0 Å². The number of rotatable bonds is 4. The summed E-state index contributed by atoms with van der Waals surface area (Å²) in [5.74, 6) is 0.127. The molecule has 3 rings (SSSR count). The van der Waals surface area contributed by atoms with Gasteiger partial charge in [-0.3, -0.25) is 4.79 Å². The standard InChI is InChI=1S/C15H13NO5S/c1-16(14(17)12-4-5-13(22-12)15(18)19)7-9-2-3-10-11(6-9)21-8-20-10/h2-6H,7-8H2,1H3,(H,18,19). The summed E-state index contributed by atoms with van der Waals surface area (Å²) >= 11 is 0.973. The summed E-state index contributed by atoms with van der Waals surface area (Å²) in [4.78, 5) is 25.3. The number of carbonyl (C=O) groups is 2. The quantitative estimate of drug-likeness (QED) is 0.937. The summed E-state index contributed by atoms with van der Waals surface area (Å²) in [6.07, 6.45) is 0. The highest BCUT2D eigenvalue weighted by Gasteiger charge is 2.18. The maximum Gasteiger partial charge on any atom is 0.345 e. The van der Waals surface area contributed by atoms with E-state index < -0.39 is 5.97 Å². The highest BCUT2D eigenvalue weighted by molar-refractivity contribution is 7.15. The van der Waals surface area contributed by atoms with Gasteiger partial charge in [-0.2, -0.15) is 0 Å². The van der Waals surface area contributed by atoms with Crippen LogP contribution >= 0.6 is 11.3 Å². The van der Waals surface area contributed by atoms with Crippen molar-refractivity contribution in [3.63, 3.8) is 0 Å². The van der Waals surface area contributed by atoms with Crippen LogP contribution in [0.3, 0.4) is 0 Å². The minimum atomic E-state index is -1.03. The van der Waals surface area contributed by atoms with Gasteiger partial charge in [0.05, 0.1) is 4.88 Å². The zero-order chi connectivity index (χ0) is 15.7. The Hall–Kier alpha value is -2.54. The highest BCUT2D eigenvalue weighted by atomic mass is 32.1. The van der Waals surface area contributed by atoms with Crippen LogP contribution in [0.25, 0.3) is 0 Å². The number of aromatic carboxylic acids is 1. The molecule has 0 bridgehead atoms. The summed E-state index contributed by atoms with van der Waals surface area (Å²) in [7, 11) is 1.67. The number of carbonyl (C=O) groups excluding carboxylic acids is 1. The number of hydrogen-bond donors (Lipinski definition) is 1. The Labute approximate surface area is 130 Å². The van der Waals surface area contributed by atoms with Crippen molar-refractivity contribution in [2.24, 2.45) is 0 Å². The zero-order valence-electron chi connectivity index (χ0n) is 11.7. The molecule has 0 spiro atoms. The second-order valence-corrected chi connectivity index (χ2v) is 5.90. The van der Waals surface area contributed by atoms with Crippen molar-refractivity contribution < 1.29 is 24.2 Å². The van der Waals surface area contributed by atoms with Crippen LogP contribution in [0.15, 0.2) is 30.3 Å². The fourth-order valence-corrected chi connectivity index (χ4v) is 2.98. The molecule has 2 aromatic rings. The van der Waals surface area contributed by atoms with Gasteiger partial charge >= 0.3 is 5.97 Å². The van der Waals surface area contributed by atoms with Crippen molar-refractivity contribution in [3.8, 4) is 11.5 Å². The van der Waals surface area contributed by atoms with Gasteiger partial charge in [-0.05, 0) is 29.8 Å². The molecule has 0 radical (unpaired) electrons. The van der Waals surface area contributed by atoms with Gasteiger partial charge in [0, 0.05) is 13.6 Å². The topological polar surface area (TPSA) is 76.1 Å². The Balaban J connectivity index is 1.71. The maximum absolute atomic E-state index is 12.3. The van der Waals surface area contributed by atoms with Gasteiger partial charge in [-0.1, -0.05) is 6.07 Å². The minimum Gasteiger partial charge on any atom is -0.477 e. The van der Waals surface area contributed by atoms with Gasteiger partial charge in [-0.15, -0.1) is 11.3 Å². The first-order chi connectivity index (χ1) is 10.5. The molecule has 2 heterocycles. The van der Waals surface area contributed by atoms with Crippen molar-refractivity contribution in [1.29, 1.82) is 0 Å². The van der Waals surface area contributed by atoms with Crippen molar-refractivity contribution in [3.05, 3.63) is 45.6 Å². The van der Waals surface area contributed by atoms with E-state index in [-0.39, 0.29) is 17.6 Å². The van der Waals surface area contributed by atoms with E-state index in [0.29, 0.717) is 22.9 Å². The lowest BCUT2D eigenvalue weighted by Crippen LogP contribution is -2.25. The fraction of sp³-hybridized carbons (Fsp3) is 0.200. The number of ether oxygens (including phenoxy) is 2. The maximum atomic E-state index is 12.3. The van der Waals surface area contributed by atoms with Crippen LogP contribution in [0, 0.1) is 0 Å². The number of nitrogens with zero attached hydrogens (tertiary/aromatic N) is 1. The smallest absolute Gasteiger partial charge is 0.345 e. The van der Waals surface area contributed by atoms with Crippen molar-refractivity contribution >= 4 is 23.2 Å². The lowest BCUT2D eigenvalue weighted by Gasteiger charge is -2.16. The first-order valence-electron chi connectivity index (χ1n) is 6.52. The molecule has 1 aliphatic heterocycles. The number of carboxylic acid groups (broad SMARTS) is 1. The second kappa shape index (κ2) is 5.69. The summed E-state index contributed by atoms with van der Waals surface area (Å²) < 4.78 is 10.6. The molecule has 1 aliphatic rings. The second-order valence-electron chi connectivity index (χ2n) is 4.82. The molecule has 0 atom stereocenters. The van der Waals surface area contributed by atoms with E-state index in [1.807, 2.05) is 18.2 Å². The molecular formula is C15H13NO5S. The van der Waals surface area contributed by atoms with E-state index in [0.717, 1.165) is 16.9 Å². The predicted molar refractivity (Wildman–Crippen MR) is 79.6 cm³/mol. The first kappa shape index (κ1) is 14.4. The van der Waals surface area contributed by atoms with Gasteiger partial charge in [-0.25, -0.2) is 4.79 Å². The van der Waals surface area contributed by atoms with Crippen LogP contribution in [0.5, 0.6) is 11.5 Å². The number of amides is 1. The van der Waals surface area contributed by atoms with Crippen LogP contribution < -0.4 is 9.47 Å². The zero-order valence-corrected chi connectivity index (χ0v) is 12.6. The number of thiophene rings is 1. The third-order valence-electron chi connectivity index (χ3n) is 3.23. The monoisotopic (exact) mass is 319 g/mol. The molecule has 1 aromatic heterocycles. The largest absolute Gasteiger partial charge is 0.477 e. The molecule has 0 unspecified atom stereocenters. The van der Waals surface area contributed by atoms with Gasteiger partial charge < -0.3 is 19.5 Å². The number of hydrogen-bond acceptors (Lipinski definition) is 5. The van der Waals surface area contributed by atoms with Gasteiger partial charge in [0.25, 0.3) is 5.91 Å². The molecule has 0 aliphatic carbocycles. The number of fused-ring (bicyclic) bond motifs is 1. The van der Waals surface area contributed by atoms with Crippen LogP contribution in [0.2, 0.25) is 0 Å². The normalized spacial score (nSPS) is 12.2. The first-order valence-corrected chi connectivity index (χ1v) is 7.33. The Morgan fingerprint density at radius 1 is 1.18 bits per heavy atom. The lowest BCUT2D eigenvalue weighted by atomic mass is 10.2. The van der Waals surface area contributed by atoms with E-state index >= 15 is 0 Å². The van der Waals surface area contributed by atoms with Crippen molar-refractivity contribution in [1.82, 2.24) is 4.90 Å². The fourth-order valence-electron chi connectivity index (χ4n) is 2.14. The van der Waals surface area contributed by atoms with Gasteiger partial charge in [0.1, 0.15) is 4.88 Å². The lowest BCUT2D eigenvalue weighted by molar-refractivity contribution is 0.0701. The van der Waals surface area contributed by atoms with E-state index in [4.69, 9.17) is 14.6 Å². The van der Waals surface area contributed by atoms with Crippen LogP contribution in [-0.4, -0.2) is 35.7 Å². The minimum absolute atomic E-state index is 0.153. The van der Waals surface area contributed by atoms with E-state index in [1.165, 1.54) is 17.0 Å². The van der Waals surface area contributed by atoms with Crippen molar-refractivity contribution in [2.45, 2.75) is 6.54 Å². The SMILES string of the molecule is CN(Cc1ccc2c(c1)OCO2)C(=O)c1ccc(C(=O)O)s1. The van der Waals surface area contributed by atoms with E-state index in [1.54, 1.807) is 7.05 Å². The van der Waals surface area contributed by atoms with Gasteiger partial charge in [0.2, 0.25) is 6.79 Å². The molecular weight excluding hydrogens is 306 g/mol. The molecule has 22 heavy (non-hydrogen) atoms. The molecule has 6 nitrogen and oxygen atoms in total. The average molecular weight is 319 g/mol. The molecule has 1 N–H and O–H groups in total. The van der Waals surface area contributed by atoms with E-state index in [9.17, 15) is 9.59 Å². The molecule has 1 aromatic carbocycles. The summed E-state index contributed by atoms with van der Waals surface area (Å²) in [6.45, 7) is 0.608. The predicted octanol–water partition coefficient (Wildman–Crippen LogP) is 2.45. The molecule has 0 fully saturated rings. The average Bonchev–Trinajstić information content (AvgIpc) is 3.15. The molecule has 0 saturated carbocycles. The van der Waals surface area contributed by atoms with Gasteiger partial charge in [0.15, 0.2) is 11.5 Å². The Morgan fingerprint density at radius 3 is 2.64 bits per heavy atom. The Bertz CT molecular complexity index is 739.